The Balaban J connectivity index is 1.96. The molecular weight excluding hydrogens is 366 g/mol. The van der Waals surface area contributed by atoms with Gasteiger partial charge in [-0.15, -0.1) is 0 Å². The number of hydrogen-bond acceptors (Lipinski definition) is 4. The molecule has 8 heteroatoms. The first-order valence-electron chi connectivity index (χ1n) is 5.50. The number of benzene rings is 1. The molecule has 20 heavy (non-hydrogen) atoms. The molecule has 1 amide bonds. The second-order valence-electron chi connectivity index (χ2n) is 3.86. The first kappa shape index (κ1) is 13.5. The average Bonchev–Trinajstić information content (AvgIpc) is 2.91. The summed E-state index contributed by atoms with van der Waals surface area (Å²) >= 11 is 11.6. The molecule has 0 unspecified atom stereocenters. The van der Waals surface area contributed by atoms with Gasteiger partial charge in [0, 0.05) is 0 Å². The second kappa shape index (κ2) is 5.50. The molecule has 0 radical (unpaired) electrons. The SMILES string of the molecule is O=C(Nc1cccc2n[se]nc12)c1nc(Cl)ccc1Cl. The van der Waals surface area contributed by atoms with E-state index in [0.717, 1.165) is 5.52 Å². The Morgan fingerprint density at radius 2 is 2.00 bits per heavy atom. The van der Waals surface area contributed by atoms with Gasteiger partial charge in [-0.25, -0.2) is 0 Å². The monoisotopic (exact) mass is 372 g/mol. The van der Waals surface area contributed by atoms with Crippen molar-refractivity contribution in [3.05, 3.63) is 46.2 Å². The number of rotatable bonds is 2. The van der Waals surface area contributed by atoms with Crippen LogP contribution in [0.5, 0.6) is 0 Å². The third kappa shape index (κ3) is 2.55. The van der Waals surface area contributed by atoms with Crippen molar-refractivity contribution in [3.63, 3.8) is 0 Å². The molecule has 0 aliphatic carbocycles. The molecule has 3 aromatic rings. The van der Waals surface area contributed by atoms with E-state index in [1.54, 1.807) is 6.07 Å². The molecule has 2 aromatic heterocycles. The maximum atomic E-state index is 12.2. The van der Waals surface area contributed by atoms with Gasteiger partial charge in [0.25, 0.3) is 0 Å². The van der Waals surface area contributed by atoms with E-state index < -0.39 is 5.91 Å². The van der Waals surface area contributed by atoms with Crippen LogP contribution in [0.4, 0.5) is 5.69 Å². The van der Waals surface area contributed by atoms with Gasteiger partial charge in [0.15, 0.2) is 0 Å². The van der Waals surface area contributed by atoms with Crippen LogP contribution in [0, 0.1) is 0 Å². The molecule has 0 saturated heterocycles. The first-order valence-corrected chi connectivity index (χ1v) is 7.78. The zero-order valence-electron chi connectivity index (χ0n) is 9.80. The fraction of sp³-hybridized carbons (Fsp3) is 0. The van der Waals surface area contributed by atoms with E-state index >= 15 is 0 Å². The summed E-state index contributed by atoms with van der Waals surface area (Å²) in [5, 5.41) is 3.19. The van der Waals surface area contributed by atoms with Crippen LogP contribution >= 0.6 is 23.2 Å². The molecule has 0 aliphatic rings. The molecular formula is C12H6Cl2N4OSe. The molecule has 0 aliphatic heterocycles. The fourth-order valence-electron chi connectivity index (χ4n) is 1.67. The van der Waals surface area contributed by atoms with E-state index in [4.69, 9.17) is 23.2 Å². The number of halogens is 2. The Morgan fingerprint density at radius 1 is 1.15 bits per heavy atom. The number of pyridine rings is 1. The standard InChI is InChI=1S/C12H6Cl2N4OSe/c13-6-4-5-9(14)16-10(6)12(19)15-7-2-1-3-8-11(7)18-20-17-8/h1-5H,(H,15,19). The van der Waals surface area contributed by atoms with Crippen molar-refractivity contribution in [2.45, 2.75) is 0 Å². The number of carbonyl (C=O) groups excluding carboxylic acids is 1. The number of carbonyl (C=O) groups is 1. The van der Waals surface area contributed by atoms with Crippen molar-refractivity contribution in [1.29, 1.82) is 0 Å². The quantitative estimate of drug-likeness (QED) is 0.555. The Morgan fingerprint density at radius 3 is 2.85 bits per heavy atom. The Hall–Kier alpha value is -1.46. The fourth-order valence-corrected chi connectivity index (χ4v) is 3.16. The minimum absolute atomic E-state index is 0.0808. The molecule has 1 aromatic carbocycles. The third-order valence-electron chi connectivity index (χ3n) is 2.56. The van der Waals surface area contributed by atoms with E-state index in [0.29, 0.717) is 11.2 Å². The molecule has 0 atom stereocenters. The van der Waals surface area contributed by atoms with Crippen molar-refractivity contribution in [2.24, 2.45) is 0 Å². The number of hydrogen-bond donors (Lipinski definition) is 1. The van der Waals surface area contributed by atoms with Crippen molar-refractivity contribution < 1.29 is 4.79 Å². The van der Waals surface area contributed by atoms with Crippen molar-refractivity contribution >= 4 is 60.8 Å². The second-order valence-corrected chi connectivity index (χ2v) is 5.76. The van der Waals surface area contributed by atoms with Crippen molar-refractivity contribution in [2.75, 3.05) is 5.32 Å². The molecule has 0 bridgehead atoms. The van der Waals surface area contributed by atoms with Gasteiger partial charge in [-0.05, 0) is 0 Å². The zero-order chi connectivity index (χ0) is 14.1. The summed E-state index contributed by atoms with van der Waals surface area (Å²) in [6.45, 7) is 0. The summed E-state index contributed by atoms with van der Waals surface area (Å²) in [5.74, 6) is -0.430. The van der Waals surface area contributed by atoms with Gasteiger partial charge in [0.05, 0.1) is 0 Å². The summed E-state index contributed by atoms with van der Waals surface area (Å²) < 4.78 is 8.54. The molecule has 2 heterocycles. The maximum absolute atomic E-state index is 12.2. The number of nitrogens with zero attached hydrogens (tertiary/aromatic N) is 3. The summed E-state index contributed by atoms with van der Waals surface area (Å²) in [7, 11) is 0. The predicted octanol–water partition coefficient (Wildman–Crippen LogP) is 2.64. The van der Waals surface area contributed by atoms with Gasteiger partial charge >= 0.3 is 130 Å². The molecule has 1 N–H and O–H groups in total. The van der Waals surface area contributed by atoms with Crippen LogP contribution in [-0.2, 0) is 0 Å². The van der Waals surface area contributed by atoms with Gasteiger partial charge in [0.2, 0.25) is 0 Å². The van der Waals surface area contributed by atoms with Crippen LogP contribution in [0.2, 0.25) is 10.2 Å². The Kier molecular flexibility index (Phi) is 3.72. The average molecular weight is 372 g/mol. The van der Waals surface area contributed by atoms with Gasteiger partial charge in [-0.2, -0.15) is 0 Å². The molecule has 100 valence electrons. The summed E-state index contributed by atoms with van der Waals surface area (Å²) in [5.41, 5.74) is 2.15. The van der Waals surface area contributed by atoms with Gasteiger partial charge < -0.3 is 0 Å². The zero-order valence-corrected chi connectivity index (χ0v) is 13.0. The summed E-state index contributed by atoms with van der Waals surface area (Å²) in [6.07, 6.45) is 0. The third-order valence-corrected chi connectivity index (χ3v) is 4.22. The molecule has 0 spiro atoms. The number of nitrogens with one attached hydrogen (secondary N) is 1. The van der Waals surface area contributed by atoms with Crippen molar-refractivity contribution in [1.82, 2.24) is 12.9 Å². The van der Waals surface area contributed by atoms with Gasteiger partial charge in [-0.1, -0.05) is 0 Å². The molecule has 0 fully saturated rings. The van der Waals surface area contributed by atoms with Crippen molar-refractivity contribution in [3.8, 4) is 0 Å². The number of aromatic nitrogens is 3. The number of fused-ring (bicyclic) bond motifs is 1. The van der Waals surface area contributed by atoms with Crippen LogP contribution in [0.1, 0.15) is 10.5 Å². The first-order chi connectivity index (χ1) is 9.65. The van der Waals surface area contributed by atoms with Gasteiger partial charge in [-0.3, -0.25) is 0 Å². The van der Waals surface area contributed by atoms with Crippen LogP contribution in [0.25, 0.3) is 11.0 Å². The molecule has 0 saturated carbocycles. The topological polar surface area (TPSA) is 67.8 Å². The predicted molar refractivity (Wildman–Crippen MR) is 78.7 cm³/mol. The van der Waals surface area contributed by atoms with E-state index in [2.05, 4.69) is 18.3 Å². The van der Waals surface area contributed by atoms with Crippen LogP contribution in [-0.4, -0.2) is 33.8 Å². The summed E-state index contributed by atoms with van der Waals surface area (Å²) in [6, 6.07) is 8.48. The van der Waals surface area contributed by atoms with E-state index in [-0.39, 0.29) is 30.8 Å². The molecule has 3 rings (SSSR count). The number of anilines is 1. The normalized spacial score (nSPS) is 10.7. The Bertz CT molecular complexity index is 805. The van der Waals surface area contributed by atoms with Crippen LogP contribution in [0.15, 0.2) is 30.3 Å². The number of amides is 1. The molecule has 5 nitrogen and oxygen atoms in total. The Labute approximate surface area is 130 Å². The van der Waals surface area contributed by atoms with Crippen LogP contribution in [0.3, 0.4) is 0 Å². The van der Waals surface area contributed by atoms with Crippen LogP contribution < -0.4 is 5.32 Å². The van der Waals surface area contributed by atoms with E-state index in [1.807, 2.05) is 12.1 Å². The van der Waals surface area contributed by atoms with E-state index in [1.165, 1.54) is 12.1 Å². The minimum atomic E-state index is -0.430. The van der Waals surface area contributed by atoms with Gasteiger partial charge in [0.1, 0.15) is 0 Å². The summed E-state index contributed by atoms with van der Waals surface area (Å²) in [4.78, 5) is 16.1. The van der Waals surface area contributed by atoms with E-state index in [9.17, 15) is 4.79 Å².